The molecule has 2 aliphatic rings. The predicted molar refractivity (Wildman–Crippen MR) is 88.1 cm³/mol. The number of anilines is 1. The molecule has 3 rings (SSSR count). The van der Waals surface area contributed by atoms with Crippen molar-refractivity contribution in [2.75, 3.05) is 11.9 Å². The van der Waals surface area contributed by atoms with Crippen LogP contribution in [0.15, 0.2) is 24.3 Å². The number of hydrogen-bond donors (Lipinski definition) is 3. The van der Waals surface area contributed by atoms with Crippen molar-refractivity contribution in [1.29, 1.82) is 0 Å². The smallest absolute Gasteiger partial charge is 0.251 e. The summed E-state index contributed by atoms with van der Waals surface area (Å²) < 4.78 is 0. The van der Waals surface area contributed by atoms with Crippen LogP contribution in [0.1, 0.15) is 48.9 Å². The van der Waals surface area contributed by atoms with E-state index in [1.807, 2.05) is 0 Å². The van der Waals surface area contributed by atoms with Gasteiger partial charge in [-0.25, -0.2) is 0 Å². The van der Waals surface area contributed by atoms with E-state index in [9.17, 15) is 14.7 Å². The van der Waals surface area contributed by atoms with Gasteiger partial charge < -0.3 is 15.7 Å². The zero-order valence-electron chi connectivity index (χ0n) is 13.3. The SMILES string of the molecule is O=C(NC1CCCCC1CO)c1cccc(NC(=O)C2CC2)c1. The van der Waals surface area contributed by atoms with Gasteiger partial charge >= 0.3 is 0 Å². The number of carbonyl (C=O) groups excluding carboxylic acids is 2. The molecule has 0 aliphatic heterocycles. The minimum Gasteiger partial charge on any atom is -0.396 e. The highest BCUT2D eigenvalue weighted by molar-refractivity contribution is 5.98. The average molecular weight is 316 g/mol. The zero-order chi connectivity index (χ0) is 16.2. The van der Waals surface area contributed by atoms with Crippen molar-refractivity contribution >= 4 is 17.5 Å². The highest BCUT2D eigenvalue weighted by Gasteiger charge is 2.30. The van der Waals surface area contributed by atoms with E-state index in [1.54, 1.807) is 24.3 Å². The van der Waals surface area contributed by atoms with E-state index < -0.39 is 0 Å². The second-order valence-corrected chi connectivity index (χ2v) is 6.65. The molecule has 2 aliphatic carbocycles. The van der Waals surface area contributed by atoms with Crippen LogP contribution in [0, 0.1) is 11.8 Å². The summed E-state index contributed by atoms with van der Waals surface area (Å²) in [4.78, 5) is 24.3. The monoisotopic (exact) mass is 316 g/mol. The first kappa shape index (κ1) is 16.0. The highest BCUT2D eigenvalue weighted by atomic mass is 16.3. The van der Waals surface area contributed by atoms with Gasteiger partial charge in [-0.1, -0.05) is 18.9 Å². The molecule has 23 heavy (non-hydrogen) atoms. The van der Waals surface area contributed by atoms with Gasteiger partial charge in [-0.2, -0.15) is 0 Å². The molecule has 2 saturated carbocycles. The van der Waals surface area contributed by atoms with Gasteiger partial charge in [-0.05, 0) is 43.9 Å². The van der Waals surface area contributed by atoms with Crippen molar-refractivity contribution in [3.05, 3.63) is 29.8 Å². The molecule has 3 N–H and O–H groups in total. The van der Waals surface area contributed by atoms with Crippen molar-refractivity contribution in [3.8, 4) is 0 Å². The minimum absolute atomic E-state index is 0.0333. The fourth-order valence-corrected chi connectivity index (χ4v) is 3.20. The molecule has 0 saturated heterocycles. The van der Waals surface area contributed by atoms with E-state index in [2.05, 4.69) is 10.6 Å². The number of nitrogens with one attached hydrogen (secondary N) is 2. The van der Waals surface area contributed by atoms with Crippen LogP contribution in [0.4, 0.5) is 5.69 Å². The molecule has 2 amide bonds. The van der Waals surface area contributed by atoms with Gasteiger partial charge in [0, 0.05) is 35.7 Å². The van der Waals surface area contributed by atoms with Crippen LogP contribution in [0.3, 0.4) is 0 Å². The lowest BCUT2D eigenvalue weighted by Crippen LogP contribution is -2.43. The first-order valence-corrected chi connectivity index (χ1v) is 8.50. The maximum atomic E-state index is 12.5. The molecule has 5 heteroatoms. The molecule has 5 nitrogen and oxygen atoms in total. The molecule has 1 aromatic rings. The van der Waals surface area contributed by atoms with Crippen molar-refractivity contribution < 1.29 is 14.7 Å². The van der Waals surface area contributed by atoms with E-state index in [1.165, 1.54) is 0 Å². The molecule has 1 aromatic carbocycles. The highest BCUT2D eigenvalue weighted by Crippen LogP contribution is 2.30. The molecular formula is C18H24N2O3. The van der Waals surface area contributed by atoms with Crippen molar-refractivity contribution in [1.82, 2.24) is 5.32 Å². The summed E-state index contributed by atoms with van der Waals surface area (Å²) in [6, 6.07) is 7.08. The Morgan fingerprint density at radius 1 is 1.13 bits per heavy atom. The Kier molecular flexibility index (Phi) is 4.96. The van der Waals surface area contributed by atoms with Gasteiger partial charge in [0.15, 0.2) is 0 Å². The number of benzene rings is 1. The quantitative estimate of drug-likeness (QED) is 0.780. The van der Waals surface area contributed by atoms with Gasteiger partial charge in [0.1, 0.15) is 0 Å². The predicted octanol–water partition coefficient (Wildman–Crippen LogP) is 2.32. The Morgan fingerprint density at radius 3 is 2.65 bits per heavy atom. The second-order valence-electron chi connectivity index (χ2n) is 6.65. The van der Waals surface area contributed by atoms with Gasteiger partial charge in [-0.15, -0.1) is 0 Å². The lowest BCUT2D eigenvalue weighted by Gasteiger charge is -2.30. The molecule has 0 aromatic heterocycles. The van der Waals surface area contributed by atoms with Gasteiger partial charge in [0.2, 0.25) is 5.91 Å². The van der Waals surface area contributed by atoms with Crippen molar-refractivity contribution in [2.45, 2.75) is 44.6 Å². The fraction of sp³-hybridized carbons (Fsp3) is 0.556. The minimum atomic E-state index is -0.141. The first-order valence-electron chi connectivity index (χ1n) is 8.50. The second kappa shape index (κ2) is 7.13. The lowest BCUT2D eigenvalue weighted by atomic mass is 9.85. The summed E-state index contributed by atoms with van der Waals surface area (Å²) in [6.45, 7) is 0.114. The van der Waals surface area contributed by atoms with Crippen LogP contribution < -0.4 is 10.6 Å². The van der Waals surface area contributed by atoms with Crippen LogP contribution in [0.2, 0.25) is 0 Å². The van der Waals surface area contributed by atoms with E-state index in [0.29, 0.717) is 11.3 Å². The number of aliphatic hydroxyl groups is 1. The zero-order valence-corrected chi connectivity index (χ0v) is 13.3. The molecular weight excluding hydrogens is 292 g/mol. The largest absolute Gasteiger partial charge is 0.396 e. The van der Waals surface area contributed by atoms with Gasteiger partial charge in [0.25, 0.3) is 5.91 Å². The Hall–Kier alpha value is -1.88. The lowest BCUT2D eigenvalue weighted by molar-refractivity contribution is -0.117. The van der Waals surface area contributed by atoms with Gasteiger partial charge in [-0.3, -0.25) is 9.59 Å². The third kappa shape index (κ3) is 4.10. The normalized spacial score (nSPS) is 24.0. The number of rotatable bonds is 5. The molecule has 0 spiro atoms. The van der Waals surface area contributed by atoms with Crippen LogP contribution in [-0.4, -0.2) is 29.6 Å². The Bertz CT molecular complexity index is 583. The number of hydrogen-bond acceptors (Lipinski definition) is 3. The van der Waals surface area contributed by atoms with Crippen LogP contribution >= 0.6 is 0 Å². The van der Waals surface area contributed by atoms with Crippen LogP contribution in [0.25, 0.3) is 0 Å². The molecule has 124 valence electrons. The van der Waals surface area contributed by atoms with E-state index in [0.717, 1.165) is 38.5 Å². The Morgan fingerprint density at radius 2 is 1.91 bits per heavy atom. The maximum Gasteiger partial charge on any atom is 0.251 e. The fourth-order valence-electron chi connectivity index (χ4n) is 3.20. The third-order valence-electron chi connectivity index (χ3n) is 4.80. The Labute approximate surface area is 136 Å². The summed E-state index contributed by atoms with van der Waals surface area (Å²) in [5, 5.41) is 15.4. The van der Waals surface area contributed by atoms with E-state index in [-0.39, 0.29) is 36.3 Å². The molecule has 2 unspecified atom stereocenters. The molecule has 0 radical (unpaired) electrons. The standard InChI is InChI=1S/C18H24N2O3/c21-11-14-4-1-2-7-16(14)20-18(23)13-5-3-6-15(10-13)19-17(22)12-8-9-12/h3,5-6,10,12,14,16,21H,1-2,4,7-9,11H2,(H,19,22)(H,20,23). The molecule has 0 heterocycles. The molecule has 2 fully saturated rings. The number of amides is 2. The Balaban J connectivity index is 1.63. The first-order chi connectivity index (χ1) is 11.2. The summed E-state index contributed by atoms with van der Waals surface area (Å²) in [5.74, 6) is 0.179. The molecule has 2 atom stereocenters. The number of aliphatic hydroxyl groups excluding tert-OH is 1. The summed E-state index contributed by atoms with van der Waals surface area (Å²) in [7, 11) is 0. The van der Waals surface area contributed by atoms with E-state index >= 15 is 0 Å². The van der Waals surface area contributed by atoms with E-state index in [4.69, 9.17) is 0 Å². The van der Waals surface area contributed by atoms with Crippen molar-refractivity contribution in [2.24, 2.45) is 11.8 Å². The van der Waals surface area contributed by atoms with Crippen LogP contribution in [0.5, 0.6) is 0 Å². The average Bonchev–Trinajstić information content (AvgIpc) is 3.40. The topological polar surface area (TPSA) is 78.4 Å². The van der Waals surface area contributed by atoms with Crippen molar-refractivity contribution in [3.63, 3.8) is 0 Å². The summed E-state index contributed by atoms with van der Waals surface area (Å²) in [6.07, 6.45) is 5.97. The summed E-state index contributed by atoms with van der Waals surface area (Å²) >= 11 is 0. The maximum absolute atomic E-state index is 12.5. The summed E-state index contributed by atoms with van der Waals surface area (Å²) in [5.41, 5.74) is 1.21. The molecule has 0 bridgehead atoms. The third-order valence-corrected chi connectivity index (χ3v) is 4.80. The van der Waals surface area contributed by atoms with Gasteiger partial charge in [0.05, 0.1) is 0 Å². The number of carbonyl (C=O) groups is 2. The van der Waals surface area contributed by atoms with Crippen LogP contribution in [-0.2, 0) is 4.79 Å².